The quantitative estimate of drug-likeness (QED) is 0.863. The number of nitrogens with zero attached hydrogens (tertiary/aromatic N) is 1. The zero-order chi connectivity index (χ0) is 18.8. The second-order valence-corrected chi connectivity index (χ2v) is 7.21. The van der Waals surface area contributed by atoms with E-state index in [-0.39, 0.29) is 12.3 Å². The predicted octanol–water partition coefficient (Wildman–Crippen LogP) is 4.18. The third-order valence-electron chi connectivity index (χ3n) is 4.76. The van der Waals surface area contributed by atoms with E-state index >= 15 is 0 Å². The van der Waals surface area contributed by atoms with Crippen molar-refractivity contribution < 1.29 is 14.3 Å². The molecule has 2 aromatic carbocycles. The molecule has 0 saturated heterocycles. The Hall–Kier alpha value is -2.53. The van der Waals surface area contributed by atoms with E-state index in [9.17, 15) is 4.79 Å². The minimum atomic E-state index is -0.0980. The molecule has 2 aliphatic heterocycles. The Balaban J connectivity index is 1.54. The molecule has 0 fully saturated rings. The highest BCUT2D eigenvalue weighted by atomic mass is 35.5. The lowest BCUT2D eigenvalue weighted by atomic mass is 9.95. The van der Waals surface area contributed by atoms with Crippen molar-refractivity contribution in [2.75, 3.05) is 25.1 Å². The fraction of sp³-hybridized carbons (Fsp3) is 0.333. The summed E-state index contributed by atoms with van der Waals surface area (Å²) < 4.78 is 11.6. The van der Waals surface area contributed by atoms with Gasteiger partial charge in [-0.1, -0.05) is 11.6 Å². The smallest absolute Gasteiger partial charge is 0.230 e. The number of amides is 1. The lowest BCUT2D eigenvalue weighted by Crippen LogP contribution is -2.21. The molecule has 1 amide bonds. The molecule has 140 valence electrons. The Kier molecular flexibility index (Phi) is 5.03. The van der Waals surface area contributed by atoms with Crippen LogP contribution in [0.25, 0.3) is 0 Å². The largest absolute Gasteiger partial charge is 0.490 e. The summed E-state index contributed by atoms with van der Waals surface area (Å²) in [4.78, 5) is 17.2. The molecule has 0 atom stereocenters. The molecule has 0 aromatic heterocycles. The maximum atomic E-state index is 12.6. The Morgan fingerprint density at radius 3 is 2.74 bits per heavy atom. The number of hydrogen-bond donors (Lipinski definition) is 1. The van der Waals surface area contributed by atoms with Gasteiger partial charge in [0.05, 0.1) is 25.3 Å². The van der Waals surface area contributed by atoms with Gasteiger partial charge in [-0.2, -0.15) is 0 Å². The van der Waals surface area contributed by atoms with E-state index < -0.39 is 0 Å². The molecule has 0 aliphatic carbocycles. The van der Waals surface area contributed by atoms with Crippen LogP contribution in [-0.2, 0) is 11.2 Å². The Bertz CT molecular complexity index is 924. The van der Waals surface area contributed by atoms with Crippen molar-refractivity contribution >= 4 is 28.9 Å². The van der Waals surface area contributed by atoms with Gasteiger partial charge in [-0.05, 0) is 54.8 Å². The van der Waals surface area contributed by atoms with Crippen molar-refractivity contribution in [1.82, 2.24) is 0 Å². The van der Waals surface area contributed by atoms with Crippen LogP contribution in [0.15, 0.2) is 35.3 Å². The monoisotopic (exact) mass is 384 g/mol. The molecule has 0 unspecified atom stereocenters. The number of carbonyl (C=O) groups is 1. The van der Waals surface area contributed by atoms with Crippen molar-refractivity contribution in [2.45, 2.75) is 26.2 Å². The molecular formula is C21H21ClN2O3. The van der Waals surface area contributed by atoms with E-state index in [0.29, 0.717) is 24.8 Å². The molecule has 27 heavy (non-hydrogen) atoms. The molecule has 2 heterocycles. The van der Waals surface area contributed by atoms with E-state index in [1.165, 1.54) is 0 Å². The van der Waals surface area contributed by atoms with Crippen molar-refractivity contribution in [3.05, 3.63) is 52.0 Å². The van der Waals surface area contributed by atoms with Gasteiger partial charge >= 0.3 is 0 Å². The van der Waals surface area contributed by atoms with Crippen LogP contribution in [-0.4, -0.2) is 31.4 Å². The zero-order valence-corrected chi connectivity index (χ0v) is 15.9. The van der Waals surface area contributed by atoms with Gasteiger partial charge in [-0.15, -0.1) is 0 Å². The van der Waals surface area contributed by atoms with Gasteiger partial charge in [-0.25, -0.2) is 0 Å². The number of aryl methyl sites for hydroxylation is 1. The van der Waals surface area contributed by atoms with Crippen LogP contribution >= 0.6 is 11.6 Å². The number of hydrogen-bond acceptors (Lipinski definition) is 4. The number of aliphatic imine (C=N–C) groups is 1. The number of rotatable bonds is 3. The summed E-state index contributed by atoms with van der Waals surface area (Å²) >= 11 is 5.98. The molecule has 0 bridgehead atoms. The third kappa shape index (κ3) is 3.93. The molecule has 1 N–H and O–H groups in total. The fourth-order valence-electron chi connectivity index (χ4n) is 3.39. The maximum absolute atomic E-state index is 12.6. The average molecular weight is 385 g/mol. The zero-order valence-electron chi connectivity index (χ0n) is 15.2. The molecule has 6 heteroatoms. The van der Waals surface area contributed by atoms with Crippen LogP contribution < -0.4 is 14.8 Å². The molecule has 0 spiro atoms. The summed E-state index contributed by atoms with van der Waals surface area (Å²) in [7, 11) is 0. The minimum Gasteiger partial charge on any atom is -0.490 e. The molecule has 4 rings (SSSR count). The molecular weight excluding hydrogens is 364 g/mol. The number of nitrogens with one attached hydrogen (secondary N) is 1. The van der Waals surface area contributed by atoms with Crippen molar-refractivity contribution in [3.63, 3.8) is 0 Å². The first kappa shape index (κ1) is 17.9. The van der Waals surface area contributed by atoms with Gasteiger partial charge in [0.2, 0.25) is 5.91 Å². The molecule has 0 saturated carbocycles. The standard InChI is InChI=1S/C21H21ClN2O3/c1-13-9-15(22)3-4-17(13)24-21(25)12-18-16-11-20-19(26-7-2-8-27-20)10-14(16)5-6-23-18/h3-4,9-11H,2,5-8,12H2,1H3,(H,24,25). The molecule has 5 nitrogen and oxygen atoms in total. The van der Waals surface area contributed by atoms with Crippen molar-refractivity contribution in [3.8, 4) is 11.5 Å². The second kappa shape index (κ2) is 7.61. The number of carbonyl (C=O) groups excluding carboxylic acids is 1. The number of halogens is 1. The van der Waals surface area contributed by atoms with Gasteiger partial charge in [0.1, 0.15) is 0 Å². The molecule has 2 aliphatic rings. The summed E-state index contributed by atoms with van der Waals surface area (Å²) in [6.45, 7) is 3.89. The molecule has 0 radical (unpaired) electrons. The van der Waals surface area contributed by atoms with Crippen molar-refractivity contribution in [1.29, 1.82) is 0 Å². The number of ether oxygens (including phenoxy) is 2. The van der Waals surface area contributed by atoms with E-state index in [2.05, 4.69) is 10.3 Å². The first-order valence-electron chi connectivity index (χ1n) is 9.12. The summed E-state index contributed by atoms with van der Waals surface area (Å²) in [6.07, 6.45) is 1.92. The van der Waals surface area contributed by atoms with Crippen LogP contribution in [0.5, 0.6) is 11.5 Å². The molecule has 2 aromatic rings. The highest BCUT2D eigenvalue weighted by molar-refractivity contribution is 6.30. The Morgan fingerprint density at radius 1 is 1.19 bits per heavy atom. The van der Waals surface area contributed by atoms with E-state index in [1.54, 1.807) is 6.07 Å². The average Bonchev–Trinajstić information content (AvgIpc) is 2.87. The van der Waals surface area contributed by atoms with E-state index in [4.69, 9.17) is 21.1 Å². The van der Waals surface area contributed by atoms with Gasteiger partial charge in [0.25, 0.3) is 0 Å². The second-order valence-electron chi connectivity index (χ2n) is 6.77. The van der Waals surface area contributed by atoms with Crippen LogP contribution in [0, 0.1) is 6.92 Å². The minimum absolute atomic E-state index is 0.0980. The van der Waals surface area contributed by atoms with Crippen LogP contribution in [0.4, 0.5) is 5.69 Å². The van der Waals surface area contributed by atoms with Gasteiger partial charge in [-0.3, -0.25) is 9.79 Å². The van der Waals surface area contributed by atoms with Crippen LogP contribution in [0.1, 0.15) is 29.5 Å². The maximum Gasteiger partial charge on any atom is 0.230 e. The fourth-order valence-corrected chi connectivity index (χ4v) is 3.61. The van der Waals surface area contributed by atoms with E-state index in [1.807, 2.05) is 31.2 Å². The summed E-state index contributed by atoms with van der Waals surface area (Å²) in [6, 6.07) is 9.42. The van der Waals surface area contributed by atoms with E-state index in [0.717, 1.165) is 52.4 Å². The van der Waals surface area contributed by atoms with Crippen molar-refractivity contribution in [2.24, 2.45) is 4.99 Å². The van der Waals surface area contributed by atoms with Gasteiger partial charge in [0, 0.05) is 29.2 Å². The number of benzene rings is 2. The third-order valence-corrected chi connectivity index (χ3v) is 4.99. The van der Waals surface area contributed by atoms with Crippen LogP contribution in [0.3, 0.4) is 0 Å². The number of fused-ring (bicyclic) bond motifs is 2. The number of anilines is 1. The Labute approximate surface area is 163 Å². The lowest BCUT2D eigenvalue weighted by Gasteiger charge is -2.19. The van der Waals surface area contributed by atoms with Crippen LogP contribution in [0.2, 0.25) is 5.02 Å². The predicted molar refractivity (Wildman–Crippen MR) is 107 cm³/mol. The first-order chi connectivity index (χ1) is 13.1. The van der Waals surface area contributed by atoms with Gasteiger partial charge < -0.3 is 14.8 Å². The highest BCUT2D eigenvalue weighted by Crippen LogP contribution is 2.35. The topological polar surface area (TPSA) is 59.9 Å². The SMILES string of the molecule is Cc1cc(Cl)ccc1NC(=O)CC1=NCCc2cc3c(cc21)OCCCO3. The Morgan fingerprint density at radius 2 is 1.96 bits per heavy atom. The highest BCUT2D eigenvalue weighted by Gasteiger charge is 2.22. The summed E-state index contributed by atoms with van der Waals surface area (Å²) in [5.41, 5.74) is 4.61. The lowest BCUT2D eigenvalue weighted by molar-refractivity contribution is -0.115. The summed E-state index contributed by atoms with van der Waals surface area (Å²) in [5, 5.41) is 3.61. The first-order valence-corrected chi connectivity index (χ1v) is 9.50. The normalized spacial score (nSPS) is 15.4. The van der Waals surface area contributed by atoms with Gasteiger partial charge in [0.15, 0.2) is 11.5 Å². The summed E-state index contributed by atoms with van der Waals surface area (Å²) in [5.74, 6) is 1.42.